The fraction of sp³-hybridized carbons (Fsp3) is 0.857. The molecule has 0 saturated carbocycles. The summed E-state index contributed by atoms with van der Waals surface area (Å²) < 4.78 is 5.08. The van der Waals surface area contributed by atoms with E-state index >= 15 is 0 Å². The van der Waals surface area contributed by atoms with Crippen LogP contribution in [0.3, 0.4) is 0 Å². The van der Waals surface area contributed by atoms with Gasteiger partial charge in [-0.1, -0.05) is 6.92 Å². The van der Waals surface area contributed by atoms with Crippen LogP contribution in [0.15, 0.2) is 0 Å². The summed E-state index contributed by atoms with van der Waals surface area (Å²) in [5.41, 5.74) is 0. The molecule has 0 aromatic heterocycles. The first kappa shape index (κ1) is 9.43. The highest BCUT2D eigenvalue weighted by Crippen LogP contribution is 1.85. The average molecular weight is 145 g/mol. The molecule has 10 heavy (non-hydrogen) atoms. The maximum atomic E-state index is 10.7. The lowest BCUT2D eigenvalue weighted by Gasteiger charge is -2.12. The highest BCUT2D eigenvalue weighted by molar-refractivity contribution is 5.75. The van der Waals surface area contributed by atoms with E-state index in [2.05, 4.69) is 5.32 Å². The van der Waals surface area contributed by atoms with E-state index in [0.29, 0.717) is 13.0 Å². The fourth-order valence-corrected chi connectivity index (χ4v) is 0.620. The van der Waals surface area contributed by atoms with Gasteiger partial charge in [-0.2, -0.15) is 0 Å². The van der Waals surface area contributed by atoms with Gasteiger partial charge in [0.2, 0.25) is 5.91 Å². The summed E-state index contributed by atoms with van der Waals surface area (Å²) in [6.07, 6.45) is 0.356. The summed E-state index contributed by atoms with van der Waals surface area (Å²) in [4.78, 5) is 10.7. The molecule has 0 fully saturated rings. The van der Waals surface area contributed by atoms with Crippen molar-refractivity contribution >= 4 is 5.91 Å². The fourth-order valence-electron chi connectivity index (χ4n) is 0.620. The first-order valence-corrected chi connectivity index (χ1v) is 3.61. The minimum Gasteiger partial charge on any atom is -0.359 e. The summed E-state index contributed by atoms with van der Waals surface area (Å²) in [5.74, 6) is 0.0287. The Balaban J connectivity index is 3.37. The van der Waals surface area contributed by atoms with E-state index in [9.17, 15) is 4.79 Å². The molecule has 3 nitrogen and oxygen atoms in total. The molecule has 0 aliphatic carbocycles. The van der Waals surface area contributed by atoms with Crippen molar-refractivity contribution in [2.75, 3.05) is 6.61 Å². The third kappa shape index (κ3) is 4.32. The van der Waals surface area contributed by atoms with Gasteiger partial charge >= 0.3 is 0 Å². The van der Waals surface area contributed by atoms with E-state index in [1.165, 1.54) is 0 Å². The Morgan fingerprint density at radius 2 is 2.20 bits per heavy atom. The van der Waals surface area contributed by atoms with Gasteiger partial charge in [0.05, 0.1) is 0 Å². The quantitative estimate of drug-likeness (QED) is 0.597. The highest BCUT2D eigenvalue weighted by atomic mass is 16.5. The molecule has 0 heterocycles. The number of hydrogen-bond donors (Lipinski definition) is 1. The topological polar surface area (TPSA) is 38.3 Å². The number of hydrogen-bond acceptors (Lipinski definition) is 2. The normalized spacial score (nSPS) is 12.7. The summed E-state index contributed by atoms with van der Waals surface area (Å²) >= 11 is 0. The zero-order valence-electron chi connectivity index (χ0n) is 6.81. The highest BCUT2D eigenvalue weighted by Gasteiger charge is 2.02. The third-order valence-electron chi connectivity index (χ3n) is 1.10. The largest absolute Gasteiger partial charge is 0.359 e. The van der Waals surface area contributed by atoms with Gasteiger partial charge < -0.3 is 10.1 Å². The van der Waals surface area contributed by atoms with E-state index in [-0.39, 0.29) is 12.1 Å². The van der Waals surface area contributed by atoms with Crippen LogP contribution in [0.2, 0.25) is 0 Å². The van der Waals surface area contributed by atoms with E-state index in [1.54, 1.807) is 0 Å². The molecule has 1 N–H and O–H groups in total. The van der Waals surface area contributed by atoms with Crippen LogP contribution in [-0.2, 0) is 9.53 Å². The number of amides is 1. The maximum Gasteiger partial charge on any atom is 0.221 e. The SMILES string of the molecule is CCOC(C)NC(=O)CC. The van der Waals surface area contributed by atoms with Crippen molar-refractivity contribution < 1.29 is 9.53 Å². The van der Waals surface area contributed by atoms with Crippen LogP contribution in [0.4, 0.5) is 0 Å². The zero-order valence-corrected chi connectivity index (χ0v) is 6.81. The monoisotopic (exact) mass is 145 g/mol. The zero-order chi connectivity index (χ0) is 7.98. The molecule has 0 aliphatic heterocycles. The molecule has 0 aliphatic rings. The first-order chi connectivity index (χ1) is 4.70. The Labute approximate surface area is 61.8 Å². The van der Waals surface area contributed by atoms with Crippen LogP contribution in [0.1, 0.15) is 27.2 Å². The Morgan fingerprint density at radius 3 is 2.60 bits per heavy atom. The molecule has 60 valence electrons. The van der Waals surface area contributed by atoms with Crippen molar-refractivity contribution in [3.8, 4) is 0 Å². The van der Waals surface area contributed by atoms with E-state index < -0.39 is 0 Å². The van der Waals surface area contributed by atoms with Crippen molar-refractivity contribution in [2.24, 2.45) is 0 Å². The second-order valence-corrected chi connectivity index (χ2v) is 2.02. The Bertz CT molecular complexity index is 104. The number of rotatable bonds is 4. The molecular formula is C7H15NO2. The van der Waals surface area contributed by atoms with E-state index in [4.69, 9.17) is 4.74 Å². The number of nitrogens with one attached hydrogen (secondary N) is 1. The molecule has 0 aromatic rings. The van der Waals surface area contributed by atoms with Crippen molar-refractivity contribution in [1.82, 2.24) is 5.32 Å². The molecule has 0 radical (unpaired) electrons. The smallest absolute Gasteiger partial charge is 0.221 e. The van der Waals surface area contributed by atoms with Gasteiger partial charge in [0, 0.05) is 13.0 Å². The van der Waals surface area contributed by atoms with Crippen molar-refractivity contribution in [3.63, 3.8) is 0 Å². The van der Waals surface area contributed by atoms with Gasteiger partial charge in [0.25, 0.3) is 0 Å². The van der Waals surface area contributed by atoms with Crippen LogP contribution in [0.5, 0.6) is 0 Å². The Hall–Kier alpha value is -0.570. The molecular weight excluding hydrogens is 130 g/mol. The predicted molar refractivity (Wildman–Crippen MR) is 39.5 cm³/mol. The van der Waals surface area contributed by atoms with Gasteiger partial charge in [0.15, 0.2) is 0 Å². The minimum atomic E-state index is -0.155. The van der Waals surface area contributed by atoms with Crippen LogP contribution in [0.25, 0.3) is 0 Å². The first-order valence-electron chi connectivity index (χ1n) is 3.61. The molecule has 0 aromatic carbocycles. The maximum absolute atomic E-state index is 10.7. The minimum absolute atomic E-state index is 0.0287. The molecule has 3 heteroatoms. The van der Waals surface area contributed by atoms with Gasteiger partial charge in [-0.3, -0.25) is 4.79 Å². The van der Waals surface area contributed by atoms with Gasteiger partial charge in [-0.15, -0.1) is 0 Å². The van der Waals surface area contributed by atoms with Gasteiger partial charge in [-0.25, -0.2) is 0 Å². The lowest BCUT2D eigenvalue weighted by Crippen LogP contribution is -2.33. The predicted octanol–water partition coefficient (Wildman–Crippen LogP) is 0.895. The van der Waals surface area contributed by atoms with E-state index in [1.807, 2.05) is 20.8 Å². The lowest BCUT2D eigenvalue weighted by atomic mass is 10.4. The van der Waals surface area contributed by atoms with Crippen LogP contribution in [-0.4, -0.2) is 18.7 Å². The van der Waals surface area contributed by atoms with Crippen LogP contribution < -0.4 is 5.32 Å². The molecule has 1 unspecified atom stereocenters. The summed E-state index contributed by atoms with van der Waals surface area (Å²) in [6, 6.07) is 0. The van der Waals surface area contributed by atoms with Crippen molar-refractivity contribution in [2.45, 2.75) is 33.4 Å². The second-order valence-electron chi connectivity index (χ2n) is 2.02. The third-order valence-corrected chi connectivity index (χ3v) is 1.10. The number of carbonyl (C=O) groups excluding carboxylic acids is 1. The molecule has 1 amide bonds. The summed E-state index contributed by atoms with van der Waals surface area (Å²) in [5, 5.41) is 2.67. The van der Waals surface area contributed by atoms with E-state index in [0.717, 1.165) is 0 Å². The Morgan fingerprint density at radius 1 is 1.60 bits per heavy atom. The van der Waals surface area contributed by atoms with Crippen LogP contribution >= 0.6 is 0 Å². The average Bonchev–Trinajstić information content (AvgIpc) is 1.88. The number of ether oxygens (including phenoxy) is 1. The summed E-state index contributed by atoms with van der Waals surface area (Å²) in [6.45, 7) is 6.16. The van der Waals surface area contributed by atoms with Crippen LogP contribution in [0, 0.1) is 0 Å². The number of carbonyl (C=O) groups is 1. The van der Waals surface area contributed by atoms with Crippen molar-refractivity contribution in [1.29, 1.82) is 0 Å². The molecule has 0 spiro atoms. The van der Waals surface area contributed by atoms with Gasteiger partial charge in [-0.05, 0) is 13.8 Å². The standard InChI is InChI=1S/C7H15NO2/c1-4-7(9)8-6(3)10-5-2/h6H,4-5H2,1-3H3,(H,8,9). The molecule has 0 bridgehead atoms. The molecule has 0 rings (SSSR count). The Kier molecular flexibility index (Phi) is 4.94. The van der Waals surface area contributed by atoms with Gasteiger partial charge in [0.1, 0.15) is 6.23 Å². The lowest BCUT2D eigenvalue weighted by molar-refractivity contribution is -0.124. The second kappa shape index (κ2) is 5.23. The molecule has 0 saturated heterocycles. The molecule has 1 atom stereocenters. The summed E-state index contributed by atoms with van der Waals surface area (Å²) in [7, 11) is 0. The van der Waals surface area contributed by atoms with Crippen molar-refractivity contribution in [3.05, 3.63) is 0 Å².